The summed E-state index contributed by atoms with van der Waals surface area (Å²) in [7, 11) is 0. The summed E-state index contributed by atoms with van der Waals surface area (Å²) in [5.74, 6) is -2.08. The van der Waals surface area contributed by atoms with Gasteiger partial charge in [0.05, 0.1) is 0 Å². The Morgan fingerprint density at radius 1 is 0.897 bits per heavy atom. The Hall–Kier alpha value is -3.43. The summed E-state index contributed by atoms with van der Waals surface area (Å²) in [6.07, 6.45) is 2.87. The van der Waals surface area contributed by atoms with Crippen molar-refractivity contribution in [2.24, 2.45) is 5.73 Å². The first-order valence-corrected chi connectivity index (χ1v) is 13.8. The fraction of sp³-hybridized carbons (Fsp3) is 0.448. The summed E-state index contributed by atoms with van der Waals surface area (Å²) < 4.78 is 0. The summed E-state index contributed by atoms with van der Waals surface area (Å²) in [4.78, 5) is 54.8. The third-order valence-electron chi connectivity index (χ3n) is 7.42. The maximum atomic E-state index is 13.8. The summed E-state index contributed by atoms with van der Waals surface area (Å²) >= 11 is 6.03. The lowest BCUT2D eigenvalue weighted by Gasteiger charge is -2.32. The fourth-order valence-electron chi connectivity index (χ4n) is 5.50. The van der Waals surface area contributed by atoms with Gasteiger partial charge in [-0.3, -0.25) is 14.4 Å². The largest absolute Gasteiger partial charge is 0.480 e. The molecule has 0 saturated carbocycles. The molecule has 2 aliphatic rings. The lowest BCUT2D eigenvalue weighted by Crippen LogP contribution is -2.56. The molecule has 0 bridgehead atoms. The number of benzene rings is 2. The molecule has 4 unspecified atom stereocenters. The minimum absolute atomic E-state index is 0.0374. The van der Waals surface area contributed by atoms with Crippen LogP contribution in [0.25, 0.3) is 0 Å². The Kier molecular flexibility index (Phi) is 9.59. The van der Waals surface area contributed by atoms with Crippen LogP contribution in [0.4, 0.5) is 0 Å². The molecular weight excluding hydrogens is 520 g/mol. The number of carbonyl (C=O) groups is 4. The number of rotatable bonds is 10. The molecule has 0 aliphatic carbocycles. The average molecular weight is 555 g/mol. The van der Waals surface area contributed by atoms with Gasteiger partial charge in [-0.15, -0.1) is 0 Å². The first-order chi connectivity index (χ1) is 18.7. The topological polar surface area (TPSA) is 133 Å². The van der Waals surface area contributed by atoms with E-state index < -0.39 is 30.1 Å². The van der Waals surface area contributed by atoms with Gasteiger partial charge in [0.2, 0.25) is 17.7 Å². The van der Waals surface area contributed by atoms with E-state index in [4.69, 9.17) is 17.3 Å². The average Bonchev–Trinajstić information content (AvgIpc) is 3.60. The smallest absolute Gasteiger partial charge is 0.326 e. The third kappa shape index (κ3) is 7.36. The van der Waals surface area contributed by atoms with Crippen LogP contribution >= 0.6 is 11.6 Å². The van der Waals surface area contributed by atoms with E-state index in [1.54, 1.807) is 24.3 Å². The first kappa shape index (κ1) is 28.6. The molecule has 4 N–H and O–H groups in total. The van der Waals surface area contributed by atoms with Gasteiger partial charge in [0.15, 0.2) is 0 Å². The van der Waals surface area contributed by atoms with Crippen LogP contribution in [0.2, 0.25) is 5.02 Å². The van der Waals surface area contributed by atoms with Gasteiger partial charge in [-0.25, -0.2) is 4.79 Å². The molecule has 0 radical (unpaired) electrons. The van der Waals surface area contributed by atoms with Gasteiger partial charge in [-0.1, -0.05) is 54.1 Å². The lowest BCUT2D eigenvalue weighted by atomic mass is 10.0. The minimum atomic E-state index is -1.03. The summed E-state index contributed by atoms with van der Waals surface area (Å²) in [5, 5.41) is 13.0. The van der Waals surface area contributed by atoms with Gasteiger partial charge in [0.1, 0.15) is 18.1 Å². The van der Waals surface area contributed by atoms with Crippen molar-refractivity contribution in [1.29, 1.82) is 0 Å². The van der Waals surface area contributed by atoms with Crippen molar-refractivity contribution < 1.29 is 24.3 Å². The molecule has 2 aromatic rings. The van der Waals surface area contributed by atoms with Crippen molar-refractivity contribution in [3.05, 3.63) is 70.7 Å². The van der Waals surface area contributed by atoms with Crippen LogP contribution in [0, 0.1) is 0 Å². The molecule has 2 aliphatic heterocycles. The van der Waals surface area contributed by atoms with E-state index in [-0.39, 0.29) is 30.6 Å². The predicted molar refractivity (Wildman–Crippen MR) is 147 cm³/mol. The zero-order chi connectivity index (χ0) is 27.9. The van der Waals surface area contributed by atoms with Gasteiger partial charge in [-0.05, 0) is 55.4 Å². The number of hydrogen-bond donors (Lipinski definition) is 3. The number of halogens is 1. The zero-order valence-electron chi connectivity index (χ0n) is 21.8. The van der Waals surface area contributed by atoms with E-state index in [2.05, 4.69) is 5.32 Å². The quantitative estimate of drug-likeness (QED) is 0.413. The number of nitrogens with two attached hydrogens (primary N) is 1. The molecule has 9 nitrogen and oxygen atoms in total. The van der Waals surface area contributed by atoms with E-state index in [1.807, 2.05) is 30.3 Å². The van der Waals surface area contributed by atoms with E-state index in [0.29, 0.717) is 50.2 Å². The molecule has 208 valence electrons. The number of aliphatic carboxylic acids is 1. The molecule has 0 spiro atoms. The highest BCUT2D eigenvalue weighted by atomic mass is 35.5. The highest BCUT2D eigenvalue weighted by Gasteiger charge is 2.43. The summed E-state index contributed by atoms with van der Waals surface area (Å²) in [5.41, 5.74) is 8.07. The molecule has 2 aromatic carbocycles. The number of nitrogens with one attached hydrogen (secondary N) is 1. The van der Waals surface area contributed by atoms with Gasteiger partial charge >= 0.3 is 5.97 Å². The van der Waals surface area contributed by atoms with Crippen LogP contribution in [0.3, 0.4) is 0 Å². The second-order valence-corrected chi connectivity index (χ2v) is 10.8. The molecule has 10 heteroatoms. The Morgan fingerprint density at radius 2 is 1.51 bits per heavy atom. The van der Waals surface area contributed by atoms with Gasteiger partial charge < -0.3 is 26.0 Å². The molecule has 4 atom stereocenters. The standard InChI is InChI=1S/C29H35ClN4O5/c30-21-12-10-20(11-13-21)17-23(32-26(35)18-22(31)16-19-6-2-1-3-7-19)27(36)33-14-4-8-24(33)28(37)34-15-5-9-25(34)29(38)39/h1-3,6-7,10-13,22-25H,4-5,8-9,14-18,31H2,(H,32,35)(H,38,39). The SMILES string of the molecule is NC(CC(=O)NC(Cc1ccc(Cl)cc1)C(=O)N1CCCC1C(=O)N1CCCC1C(=O)O)Cc1ccccc1. The van der Waals surface area contributed by atoms with Gasteiger partial charge in [0.25, 0.3) is 0 Å². The molecule has 39 heavy (non-hydrogen) atoms. The van der Waals surface area contributed by atoms with Crippen LogP contribution in [0.1, 0.15) is 43.2 Å². The fourth-order valence-corrected chi connectivity index (χ4v) is 5.63. The Bertz CT molecular complexity index is 1180. The van der Waals surface area contributed by atoms with E-state index in [9.17, 15) is 24.3 Å². The number of carboxylic acid groups (broad SMARTS) is 1. The number of nitrogens with zero attached hydrogens (tertiary/aromatic N) is 2. The van der Waals surface area contributed by atoms with Crippen molar-refractivity contribution in [2.75, 3.05) is 13.1 Å². The van der Waals surface area contributed by atoms with E-state index in [0.717, 1.165) is 11.1 Å². The van der Waals surface area contributed by atoms with Crippen LogP contribution < -0.4 is 11.1 Å². The number of carboxylic acids is 1. The summed E-state index contributed by atoms with van der Waals surface area (Å²) in [6, 6.07) is 13.7. The second-order valence-electron chi connectivity index (χ2n) is 10.3. The monoisotopic (exact) mass is 554 g/mol. The normalized spacial score (nSPS) is 20.5. The molecule has 3 amide bonds. The Morgan fingerprint density at radius 3 is 2.18 bits per heavy atom. The maximum Gasteiger partial charge on any atom is 0.326 e. The number of hydrogen-bond acceptors (Lipinski definition) is 5. The predicted octanol–water partition coefficient (Wildman–Crippen LogP) is 2.39. The minimum Gasteiger partial charge on any atom is -0.480 e. The number of likely N-dealkylation sites (tertiary alicyclic amines) is 2. The zero-order valence-corrected chi connectivity index (χ0v) is 22.6. The highest BCUT2D eigenvalue weighted by Crippen LogP contribution is 2.26. The van der Waals surface area contributed by atoms with Crippen molar-refractivity contribution >= 4 is 35.3 Å². The second kappa shape index (κ2) is 13.1. The number of carbonyl (C=O) groups excluding carboxylic acids is 3. The molecular formula is C29H35ClN4O5. The van der Waals surface area contributed by atoms with Crippen LogP contribution in [-0.2, 0) is 32.0 Å². The Labute approximate surface area is 233 Å². The van der Waals surface area contributed by atoms with Gasteiger partial charge in [-0.2, -0.15) is 0 Å². The van der Waals surface area contributed by atoms with Crippen LogP contribution in [0.5, 0.6) is 0 Å². The van der Waals surface area contributed by atoms with Crippen molar-refractivity contribution in [1.82, 2.24) is 15.1 Å². The van der Waals surface area contributed by atoms with Crippen molar-refractivity contribution in [3.63, 3.8) is 0 Å². The van der Waals surface area contributed by atoms with E-state index >= 15 is 0 Å². The molecule has 2 fully saturated rings. The van der Waals surface area contributed by atoms with Crippen LogP contribution in [0.15, 0.2) is 54.6 Å². The summed E-state index contributed by atoms with van der Waals surface area (Å²) in [6.45, 7) is 0.722. The lowest BCUT2D eigenvalue weighted by molar-refractivity contribution is -0.152. The molecule has 4 rings (SSSR count). The molecule has 2 saturated heterocycles. The van der Waals surface area contributed by atoms with Crippen molar-refractivity contribution in [3.8, 4) is 0 Å². The van der Waals surface area contributed by atoms with E-state index in [1.165, 1.54) is 9.80 Å². The van der Waals surface area contributed by atoms with Crippen molar-refractivity contribution in [2.45, 2.75) is 69.1 Å². The van der Waals surface area contributed by atoms with Crippen LogP contribution in [-0.4, -0.2) is 75.9 Å². The van der Waals surface area contributed by atoms with Gasteiger partial charge in [0, 0.05) is 37.0 Å². The molecule has 0 aromatic heterocycles. The first-order valence-electron chi connectivity index (χ1n) is 13.4. The molecule has 2 heterocycles. The number of amides is 3. The maximum absolute atomic E-state index is 13.8. The third-order valence-corrected chi connectivity index (χ3v) is 7.67. The highest BCUT2D eigenvalue weighted by molar-refractivity contribution is 6.30. The Balaban J connectivity index is 1.48.